The second-order valence-corrected chi connectivity index (χ2v) is 9.53. The maximum absolute atomic E-state index is 11.1. The zero-order chi connectivity index (χ0) is 21.6. The van der Waals surface area contributed by atoms with Crippen LogP contribution in [0.4, 0.5) is 0 Å². The van der Waals surface area contributed by atoms with E-state index in [9.17, 15) is 4.79 Å². The Morgan fingerprint density at radius 2 is 1.07 bits per heavy atom. The van der Waals surface area contributed by atoms with Crippen LogP contribution in [-0.4, -0.2) is 44.1 Å². The quantitative estimate of drug-likeness (QED) is 0.116. The minimum Gasteiger partial charge on any atom is -0.352 e. The van der Waals surface area contributed by atoms with Gasteiger partial charge in [0.1, 0.15) is 0 Å². The predicted octanol–water partition coefficient (Wildman–Crippen LogP) is 7.02. The van der Waals surface area contributed by atoms with Crippen molar-refractivity contribution in [2.24, 2.45) is 0 Å². The Kier molecular flexibility index (Phi) is 19.9. The molecule has 0 atom stereocenters. The molecule has 0 saturated carbocycles. The van der Waals surface area contributed by atoms with Gasteiger partial charge in [0.05, 0.1) is 27.2 Å². The lowest BCUT2D eigenvalue weighted by Crippen LogP contribution is -2.42. The fraction of sp³-hybridized carbons (Fsp3) is 0.885. The van der Waals surface area contributed by atoms with Crippen LogP contribution < -0.4 is 5.32 Å². The molecule has 1 N–H and O–H groups in total. The molecule has 0 unspecified atom stereocenters. The van der Waals surface area contributed by atoms with E-state index in [0.29, 0.717) is 0 Å². The summed E-state index contributed by atoms with van der Waals surface area (Å²) < 4.78 is 1.06. The Bertz CT molecular complexity index is 379. The third-order valence-electron chi connectivity index (χ3n) is 6.04. The Labute approximate surface area is 183 Å². The number of carbonyl (C=O) groups is 1. The molecular weight excluding hydrogens is 356 g/mol. The minimum absolute atomic E-state index is 0.0619. The van der Waals surface area contributed by atoms with Crippen molar-refractivity contribution in [3.05, 3.63) is 12.7 Å². The Morgan fingerprint density at radius 3 is 1.48 bits per heavy atom. The Balaban J connectivity index is 3.29. The fourth-order valence-corrected chi connectivity index (χ4v) is 3.99. The summed E-state index contributed by atoms with van der Waals surface area (Å²) in [7, 11) is 4.61. The van der Waals surface area contributed by atoms with Gasteiger partial charge in [0.15, 0.2) is 0 Å². The summed E-state index contributed by atoms with van der Waals surface area (Å²) in [6, 6.07) is 0. The number of amides is 1. The largest absolute Gasteiger partial charge is 0.352 e. The predicted molar refractivity (Wildman–Crippen MR) is 129 cm³/mol. The smallest absolute Gasteiger partial charge is 0.243 e. The molecule has 0 aliphatic carbocycles. The summed E-state index contributed by atoms with van der Waals surface area (Å²) in [5.41, 5.74) is 0. The highest BCUT2D eigenvalue weighted by Gasteiger charge is 2.13. The van der Waals surface area contributed by atoms with Crippen molar-refractivity contribution in [2.45, 2.75) is 116 Å². The van der Waals surface area contributed by atoms with Gasteiger partial charge in [-0.05, 0) is 18.9 Å². The molecule has 0 spiro atoms. The number of hydrogen-bond donors (Lipinski definition) is 1. The van der Waals surface area contributed by atoms with Gasteiger partial charge in [-0.1, -0.05) is 103 Å². The molecule has 0 aromatic carbocycles. The van der Waals surface area contributed by atoms with E-state index in [1.807, 2.05) is 0 Å². The van der Waals surface area contributed by atoms with Crippen molar-refractivity contribution in [3.63, 3.8) is 0 Å². The van der Waals surface area contributed by atoms with Gasteiger partial charge < -0.3 is 9.80 Å². The Hall–Kier alpha value is -0.830. The van der Waals surface area contributed by atoms with E-state index in [-0.39, 0.29) is 5.91 Å². The molecule has 0 aliphatic heterocycles. The zero-order valence-corrected chi connectivity index (χ0v) is 20.3. The van der Waals surface area contributed by atoms with Gasteiger partial charge in [-0.25, -0.2) is 0 Å². The van der Waals surface area contributed by atoms with Crippen LogP contribution in [0.3, 0.4) is 0 Å². The highest BCUT2D eigenvalue weighted by atomic mass is 16.1. The molecule has 172 valence electrons. The van der Waals surface area contributed by atoms with E-state index in [1.54, 1.807) is 0 Å². The van der Waals surface area contributed by atoms with Crippen LogP contribution in [0.15, 0.2) is 12.7 Å². The van der Waals surface area contributed by atoms with E-state index >= 15 is 0 Å². The van der Waals surface area contributed by atoms with Crippen molar-refractivity contribution >= 4 is 5.91 Å². The summed E-state index contributed by atoms with van der Waals surface area (Å²) in [4.78, 5) is 11.1. The molecule has 3 heteroatoms. The molecular formula is C26H53N2O+. The molecule has 0 radical (unpaired) electrons. The summed E-state index contributed by atoms with van der Waals surface area (Å²) in [5, 5.41) is 2.86. The second kappa shape index (κ2) is 20.4. The van der Waals surface area contributed by atoms with Gasteiger partial charge in [-0.3, -0.25) is 4.79 Å². The topological polar surface area (TPSA) is 29.1 Å². The van der Waals surface area contributed by atoms with E-state index in [4.69, 9.17) is 0 Å². The molecule has 0 fully saturated rings. The summed E-state index contributed by atoms with van der Waals surface area (Å²) in [5.74, 6) is -0.0619. The highest BCUT2D eigenvalue weighted by molar-refractivity contribution is 5.86. The van der Waals surface area contributed by atoms with E-state index in [0.717, 1.165) is 24.0 Å². The molecule has 0 aliphatic rings. The van der Waals surface area contributed by atoms with Gasteiger partial charge in [-0.15, -0.1) is 0 Å². The molecule has 0 bridgehead atoms. The average molecular weight is 410 g/mol. The number of rotatable bonds is 22. The normalized spacial score (nSPS) is 11.6. The maximum atomic E-state index is 11.1. The lowest BCUT2D eigenvalue weighted by atomic mass is 10.0. The standard InChI is InChI=1S/C26H52N2O/c1-5-7-8-9-10-11-12-13-14-15-16-17-18-19-20-21-24-28(3,4)25-22-23-27-26(29)6-2/h6H,2,5,7-25H2,1,3-4H3/p+1. The van der Waals surface area contributed by atoms with Crippen molar-refractivity contribution in [1.29, 1.82) is 0 Å². The monoisotopic (exact) mass is 409 g/mol. The van der Waals surface area contributed by atoms with E-state index < -0.39 is 0 Å². The van der Waals surface area contributed by atoms with Crippen LogP contribution in [0, 0.1) is 0 Å². The van der Waals surface area contributed by atoms with Crippen molar-refractivity contribution < 1.29 is 9.28 Å². The first-order valence-corrected chi connectivity index (χ1v) is 12.7. The SMILES string of the molecule is C=CC(=O)NCCC[N+](C)(C)CCCCCCCCCCCCCCCCCC. The first-order valence-electron chi connectivity index (χ1n) is 12.7. The number of nitrogens with zero attached hydrogens (tertiary/aromatic N) is 1. The molecule has 0 saturated heterocycles. The van der Waals surface area contributed by atoms with E-state index in [1.165, 1.54) is 115 Å². The number of carbonyl (C=O) groups excluding carboxylic acids is 1. The van der Waals surface area contributed by atoms with Crippen LogP contribution in [0.25, 0.3) is 0 Å². The fourth-order valence-electron chi connectivity index (χ4n) is 3.99. The van der Waals surface area contributed by atoms with E-state index in [2.05, 4.69) is 32.9 Å². The zero-order valence-electron chi connectivity index (χ0n) is 20.3. The van der Waals surface area contributed by atoms with Crippen LogP contribution in [-0.2, 0) is 4.79 Å². The van der Waals surface area contributed by atoms with Crippen LogP contribution in [0.2, 0.25) is 0 Å². The van der Waals surface area contributed by atoms with Gasteiger partial charge in [0.2, 0.25) is 5.91 Å². The molecule has 0 heterocycles. The third kappa shape index (κ3) is 21.7. The summed E-state index contributed by atoms with van der Waals surface area (Å²) in [6.45, 7) is 8.89. The van der Waals surface area contributed by atoms with Crippen molar-refractivity contribution in [3.8, 4) is 0 Å². The molecule has 0 rings (SSSR count). The highest BCUT2D eigenvalue weighted by Crippen LogP contribution is 2.14. The number of hydrogen-bond acceptors (Lipinski definition) is 1. The second-order valence-electron chi connectivity index (χ2n) is 9.53. The molecule has 3 nitrogen and oxygen atoms in total. The van der Waals surface area contributed by atoms with Gasteiger partial charge >= 0.3 is 0 Å². The number of unbranched alkanes of at least 4 members (excludes halogenated alkanes) is 15. The van der Waals surface area contributed by atoms with Crippen molar-refractivity contribution in [1.82, 2.24) is 5.32 Å². The lowest BCUT2D eigenvalue weighted by molar-refractivity contribution is -0.890. The molecule has 0 aromatic heterocycles. The van der Waals surface area contributed by atoms with Crippen LogP contribution >= 0.6 is 0 Å². The maximum Gasteiger partial charge on any atom is 0.243 e. The summed E-state index contributed by atoms with van der Waals surface area (Å²) in [6.07, 6.45) is 25.2. The summed E-state index contributed by atoms with van der Waals surface area (Å²) >= 11 is 0. The first kappa shape index (κ1) is 28.2. The minimum atomic E-state index is -0.0619. The Morgan fingerprint density at radius 1 is 0.690 bits per heavy atom. The van der Waals surface area contributed by atoms with Gasteiger partial charge in [0, 0.05) is 13.0 Å². The number of nitrogens with one attached hydrogen (secondary N) is 1. The third-order valence-corrected chi connectivity index (χ3v) is 6.04. The van der Waals surface area contributed by atoms with Gasteiger partial charge in [0.25, 0.3) is 0 Å². The first-order chi connectivity index (χ1) is 14.0. The molecule has 1 amide bonds. The van der Waals surface area contributed by atoms with Crippen molar-refractivity contribution in [2.75, 3.05) is 33.7 Å². The van der Waals surface area contributed by atoms with Crippen LogP contribution in [0.1, 0.15) is 116 Å². The molecule has 29 heavy (non-hydrogen) atoms. The average Bonchev–Trinajstić information content (AvgIpc) is 2.70. The lowest BCUT2D eigenvalue weighted by Gasteiger charge is -2.30. The van der Waals surface area contributed by atoms with Crippen LogP contribution in [0.5, 0.6) is 0 Å². The number of quaternary nitrogens is 1. The van der Waals surface area contributed by atoms with Gasteiger partial charge in [-0.2, -0.15) is 0 Å². The molecule has 0 aromatic rings.